The maximum atomic E-state index is 10.00. The first-order valence-electron chi connectivity index (χ1n) is 7.31. The topological polar surface area (TPSA) is 56.5 Å². The fourth-order valence-electron chi connectivity index (χ4n) is 3.44. The second-order valence-electron chi connectivity index (χ2n) is 5.66. The van der Waals surface area contributed by atoms with Crippen LogP contribution < -0.4 is 4.90 Å². The minimum Gasteiger partial charge on any atom is -0.389 e. The van der Waals surface area contributed by atoms with Gasteiger partial charge in [0.15, 0.2) is 0 Å². The van der Waals surface area contributed by atoms with Gasteiger partial charge in [-0.15, -0.1) is 0 Å². The van der Waals surface area contributed by atoms with Crippen LogP contribution in [0.5, 0.6) is 0 Å². The van der Waals surface area contributed by atoms with Gasteiger partial charge in [0.1, 0.15) is 0 Å². The van der Waals surface area contributed by atoms with Crippen molar-refractivity contribution in [1.82, 2.24) is 0 Å². The second-order valence-corrected chi connectivity index (χ2v) is 5.66. The van der Waals surface area contributed by atoms with E-state index in [1.807, 2.05) is 12.1 Å². The third-order valence-electron chi connectivity index (χ3n) is 4.40. The lowest BCUT2D eigenvalue weighted by atomic mass is 10.0. The molecule has 3 rings (SSSR count). The van der Waals surface area contributed by atoms with Crippen molar-refractivity contribution in [3.05, 3.63) is 29.3 Å². The standard InChI is InChI=1S/C16H20N2O2/c1-11(19)13-6-5-12(10-17)9-15(13)18-7-8-20-16-4-2-3-14(16)18/h5-6,9,11,14,16,19H,2-4,7-8H2,1H3. The number of morpholine rings is 1. The Bertz CT molecular complexity index is 536. The van der Waals surface area contributed by atoms with Crippen LogP contribution in [0.15, 0.2) is 18.2 Å². The number of aliphatic hydroxyl groups excluding tert-OH is 1. The Balaban J connectivity index is 2.01. The zero-order chi connectivity index (χ0) is 14.1. The number of fused-ring (bicyclic) bond motifs is 1. The van der Waals surface area contributed by atoms with Crippen molar-refractivity contribution in [3.63, 3.8) is 0 Å². The van der Waals surface area contributed by atoms with E-state index in [9.17, 15) is 5.11 Å². The molecule has 4 heteroatoms. The van der Waals surface area contributed by atoms with Crippen LogP contribution in [0.4, 0.5) is 5.69 Å². The molecule has 0 aromatic heterocycles. The number of hydrogen-bond donors (Lipinski definition) is 1. The SMILES string of the molecule is CC(O)c1ccc(C#N)cc1N1CCOC2CCCC21. The van der Waals surface area contributed by atoms with E-state index in [1.165, 1.54) is 6.42 Å². The fourth-order valence-corrected chi connectivity index (χ4v) is 3.44. The Morgan fingerprint density at radius 1 is 1.45 bits per heavy atom. The number of anilines is 1. The fraction of sp³-hybridized carbons (Fsp3) is 0.562. The molecule has 3 atom stereocenters. The molecule has 1 saturated heterocycles. The lowest BCUT2D eigenvalue weighted by Gasteiger charge is -2.40. The van der Waals surface area contributed by atoms with E-state index in [1.54, 1.807) is 13.0 Å². The van der Waals surface area contributed by atoms with Crippen LogP contribution in [0.1, 0.15) is 43.4 Å². The highest BCUT2D eigenvalue weighted by molar-refractivity contribution is 5.59. The number of hydrogen-bond acceptors (Lipinski definition) is 4. The minimum atomic E-state index is -0.527. The van der Waals surface area contributed by atoms with Crippen LogP contribution in [0.25, 0.3) is 0 Å². The van der Waals surface area contributed by atoms with Crippen molar-refractivity contribution in [1.29, 1.82) is 5.26 Å². The monoisotopic (exact) mass is 272 g/mol. The molecular formula is C16H20N2O2. The number of ether oxygens (including phenoxy) is 1. The van der Waals surface area contributed by atoms with E-state index >= 15 is 0 Å². The molecule has 1 saturated carbocycles. The first-order valence-corrected chi connectivity index (χ1v) is 7.31. The first kappa shape index (κ1) is 13.4. The predicted octanol–water partition coefficient (Wildman–Crippen LogP) is 2.37. The molecule has 20 heavy (non-hydrogen) atoms. The van der Waals surface area contributed by atoms with Crippen molar-refractivity contribution in [2.75, 3.05) is 18.1 Å². The predicted molar refractivity (Wildman–Crippen MR) is 76.5 cm³/mol. The lowest BCUT2D eigenvalue weighted by molar-refractivity contribution is 0.0254. The Labute approximate surface area is 119 Å². The van der Waals surface area contributed by atoms with Crippen molar-refractivity contribution < 1.29 is 9.84 Å². The van der Waals surface area contributed by atoms with Crippen molar-refractivity contribution >= 4 is 5.69 Å². The van der Waals surface area contributed by atoms with Gasteiger partial charge in [-0.3, -0.25) is 0 Å². The average molecular weight is 272 g/mol. The molecule has 1 aromatic rings. The molecule has 0 radical (unpaired) electrons. The molecule has 1 N–H and O–H groups in total. The first-order chi connectivity index (χ1) is 9.70. The zero-order valence-corrected chi connectivity index (χ0v) is 11.7. The molecule has 1 aliphatic carbocycles. The van der Waals surface area contributed by atoms with E-state index < -0.39 is 6.10 Å². The van der Waals surface area contributed by atoms with Crippen molar-refractivity contribution in [2.24, 2.45) is 0 Å². The third kappa shape index (κ3) is 2.28. The molecule has 0 bridgehead atoms. The normalized spacial score (nSPS) is 26.9. The molecule has 1 heterocycles. The van der Waals surface area contributed by atoms with E-state index in [0.717, 1.165) is 37.2 Å². The molecule has 0 amide bonds. The molecule has 106 valence electrons. The highest BCUT2D eigenvalue weighted by Crippen LogP contribution is 2.36. The summed E-state index contributed by atoms with van der Waals surface area (Å²) in [6.07, 6.45) is 3.20. The summed E-state index contributed by atoms with van der Waals surface area (Å²) in [5, 5.41) is 19.1. The average Bonchev–Trinajstić information content (AvgIpc) is 2.94. The van der Waals surface area contributed by atoms with E-state index in [-0.39, 0.29) is 0 Å². The summed E-state index contributed by atoms with van der Waals surface area (Å²) >= 11 is 0. The van der Waals surface area contributed by atoms with Crippen LogP contribution in [-0.2, 0) is 4.74 Å². The van der Waals surface area contributed by atoms with Gasteiger partial charge in [0.2, 0.25) is 0 Å². The van der Waals surface area contributed by atoms with Gasteiger partial charge in [0.05, 0.1) is 36.5 Å². The number of nitriles is 1. The van der Waals surface area contributed by atoms with Crippen molar-refractivity contribution in [2.45, 2.75) is 44.4 Å². The Morgan fingerprint density at radius 3 is 3.05 bits per heavy atom. The molecule has 1 aliphatic heterocycles. The van der Waals surface area contributed by atoms with Gasteiger partial charge in [0.25, 0.3) is 0 Å². The largest absolute Gasteiger partial charge is 0.389 e. The number of rotatable bonds is 2. The quantitative estimate of drug-likeness (QED) is 0.898. The Kier molecular flexibility index (Phi) is 3.64. The molecule has 0 spiro atoms. The minimum absolute atomic E-state index is 0.302. The van der Waals surface area contributed by atoms with E-state index in [0.29, 0.717) is 17.7 Å². The third-order valence-corrected chi connectivity index (χ3v) is 4.40. The summed E-state index contributed by atoms with van der Waals surface area (Å²) in [5.41, 5.74) is 2.54. The summed E-state index contributed by atoms with van der Waals surface area (Å²) in [5.74, 6) is 0. The molecular weight excluding hydrogens is 252 g/mol. The lowest BCUT2D eigenvalue weighted by Crippen LogP contribution is -2.49. The smallest absolute Gasteiger partial charge is 0.0992 e. The summed E-state index contributed by atoms with van der Waals surface area (Å²) in [7, 11) is 0. The summed E-state index contributed by atoms with van der Waals surface area (Å²) in [6.45, 7) is 3.32. The Hall–Kier alpha value is -1.57. The van der Waals surface area contributed by atoms with Crippen molar-refractivity contribution in [3.8, 4) is 6.07 Å². The van der Waals surface area contributed by atoms with Gasteiger partial charge in [-0.05, 0) is 38.3 Å². The van der Waals surface area contributed by atoms with Gasteiger partial charge in [-0.25, -0.2) is 0 Å². The van der Waals surface area contributed by atoms with Gasteiger partial charge in [0, 0.05) is 17.8 Å². The maximum Gasteiger partial charge on any atom is 0.0992 e. The van der Waals surface area contributed by atoms with Crippen LogP contribution >= 0.6 is 0 Å². The second kappa shape index (κ2) is 5.43. The Morgan fingerprint density at radius 2 is 2.30 bits per heavy atom. The highest BCUT2D eigenvalue weighted by Gasteiger charge is 2.37. The summed E-state index contributed by atoms with van der Waals surface area (Å²) < 4.78 is 5.84. The molecule has 1 aromatic carbocycles. The molecule has 2 fully saturated rings. The molecule has 4 nitrogen and oxygen atoms in total. The van der Waals surface area contributed by atoms with Gasteiger partial charge < -0.3 is 14.7 Å². The number of aliphatic hydroxyl groups is 1. The van der Waals surface area contributed by atoms with Crippen LogP contribution in [0, 0.1) is 11.3 Å². The van der Waals surface area contributed by atoms with Gasteiger partial charge in [-0.2, -0.15) is 5.26 Å². The van der Waals surface area contributed by atoms with Crippen LogP contribution in [0.3, 0.4) is 0 Å². The highest BCUT2D eigenvalue weighted by atomic mass is 16.5. The summed E-state index contributed by atoms with van der Waals surface area (Å²) in [4.78, 5) is 2.34. The van der Waals surface area contributed by atoms with E-state index in [2.05, 4.69) is 11.0 Å². The zero-order valence-electron chi connectivity index (χ0n) is 11.7. The summed E-state index contributed by atoms with van der Waals surface area (Å²) in [6, 6.07) is 8.13. The van der Waals surface area contributed by atoms with Crippen LogP contribution in [0.2, 0.25) is 0 Å². The van der Waals surface area contributed by atoms with Crippen LogP contribution in [-0.4, -0.2) is 30.4 Å². The molecule has 2 aliphatic rings. The van der Waals surface area contributed by atoms with Gasteiger partial charge >= 0.3 is 0 Å². The number of nitrogens with zero attached hydrogens (tertiary/aromatic N) is 2. The number of benzene rings is 1. The van der Waals surface area contributed by atoms with E-state index in [4.69, 9.17) is 10.00 Å². The van der Waals surface area contributed by atoms with Gasteiger partial charge in [-0.1, -0.05) is 6.07 Å². The molecule has 3 unspecified atom stereocenters. The maximum absolute atomic E-state index is 10.00.